The van der Waals surface area contributed by atoms with Crippen LogP contribution >= 0.6 is 23.1 Å². The van der Waals surface area contributed by atoms with Crippen molar-refractivity contribution in [3.8, 4) is 12.1 Å². The van der Waals surface area contributed by atoms with Crippen molar-refractivity contribution in [1.82, 2.24) is 25.1 Å². The van der Waals surface area contributed by atoms with Crippen LogP contribution in [-0.2, 0) is 11.3 Å². The number of tetrazole rings is 1. The number of thioether (sulfide) groups is 1. The average molecular weight is 361 g/mol. The lowest BCUT2D eigenvalue weighted by molar-refractivity contribution is -0.128. The average Bonchev–Trinajstić information content (AvgIpc) is 3.25. The summed E-state index contributed by atoms with van der Waals surface area (Å²) in [7, 11) is 0. The van der Waals surface area contributed by atoms with Gasteiger partial charge in [0.2, 0.25) is 11.1 Å². The Balaban J connectivity index is 1.91. The van der Waals surface area contributed by atoms with E-state index in [2.05, 4.69) is 15.5 Å². The Labute approximate surface area is 147 Å². The van der Waals surface area contributed by atoms with Crippen LogP contribution in [0.4, 0.5) is 0 Å². The molecule has 2 heterocycles. The molecule has 0 atom stereocenters. The van der Waals surface area contributed by atoms with E-state index in [1.54, 1.807) is 16.0 Å². The summed E-state index contributed by atoms with van der Waals surface area (Å²) in [5.41, 5.74) is 0. The third-order valence-corrected chi connectivity index (χ3v) is 4.85. The smallest absolute Gasteiger partial charge is 0.233 e. The molecule has 0 radical (unpaired) electrons. The fourth-order valence-corrected chi connectivity index (χ4v) is 3.36. The van der Waals surface area contributed by atoms with Crippen molar-refractivity contribution < 1.29 is 4.79 Å². The van der Waals surface area contributed by atoms with Gasteiger partial charge in [-0.05, 0) is 21.9 Å². The number of amides is 1. The summed E-state index contributed by atoms with van der Waals surface area (Å²) < 4.78 is 1.65. The summed E-state index contributed by atoms with van der Waals surface area (Å²) in [4.78, 5) is 14.9. The number of carbonyl (C=O) groups excluding carboxylic acids is 1. The van der Waals surface area contributed by atoms with Gasteiger partial charge in [0.05, 0.1) is 37.3 Å². The van der Waals surface area contributed by atoms with Crippen LogP contribution in [0.5, 0.6) is 0 Å². The van der Waals surface area contributed by atoms with Crippen molar-refractivity contribution in [1.29, 1.82) is 10.5 Å². The van der Waals surface area contributed by atoms with Gasteiger partial charge in [-0.2, -0.15) is 10.5 Å². The first-order valence-electron chi connectivity index (χ1n) is 7.17. The normalized spacial score (nSPS) is 10.1. The minimum Gasteiger partial charge on any atom is -0.340 e. The molecule has 124 valence electrons. The molecule has 0 unspecified atom stereocenters. The fourth-order valence-electron chi connectivity index (χ4n) is 1.90. The first-order chi connectivity index (χ1) is 11.7. The van der Waals surface area contributed by atoms with E-state index in [-0.39, 0.29) is 24.5 Å². The van der Waals surface area contributed by atoms with Gasteiger partial charge < -0.3 is 4.90 Å². The SMILES string of the molecule is N#CCCN(CCC#N)C(=O)CSc1nnnn1Cc1cccs1. The summed E-state index contributed by atoms with van der Waals surface area (Å²) >= 11 is 2.87. The molecule has 2 aromatic rings. The number of thiophene rings is 1. The summed E-state index contributed by atoms with van der Waals surface area (Å²) in [6.45, 7) is 1.23. The van der Waals surface area contributed by atoms with Gasteiger partial charge >= 0.3 is 0 Å². The quantitative estimate of drug-likeness (QED) is 0.623. The molecule has 8 nitrogen and oxygen atoms in total. The molecule has 0 saturated heterocycles. The van der Waals surface area contributed by atoms with Gasteiger partial charge in [-0.15, -0.1) is 16.4 Å². The van der Waals surface area contributed by atoms with Crippen molar-refractivity contribution in [3.05, 3.63) is 22.4 Å². The highest BCUT2D eigenvalue weighted by atomic mass is 32.2. The Morgan fingerprint density at radius 2 is 2.08 bits per heavy atom. The predicted molar refractivity (Wildman–Crippen MR) is 89.0 cm³/mol. The number of nitriles is 2. The van der Waals surface area contributed by atoms with Crippen LogP contribution in [-0.4, -0.2) is 49.9 Å². The van der Waals surface area contributed by atoms with Gasteiger partial charge in [0.25, 0.3) is 0 Å². The highest BCUT2D eigenvalue weighted by Crippen LogP contribution is 2.17. The number of carbonyl (C=O) groups is 1. The van der Waals surface area contributed by atoms with Gasteiger partial charge in [0.15, 0.2) is 0 Å². The maximum Gasteiger partial charge on any atom is 0.233 e. The van der Waals surface area contributed by atoms with Gasteiger partial charge in [0.1, 0.15) is 0 Å². The number of hydrogen-bond acceptors (Lipinski definition) is 8. The Kier molecular flexibility index (Phi) is 7.21. The molecule has 0 fully saturated rings. The minimum absolute atomic E-state index is 0.129. The molecular weight excluding hydrogens is 346 g/mol. The molecular formula is C14H15N7OS2. The molecule has 0 N–H and O–H groups in total. The van der Waals surface area contributed by atoms with Gasteiger partial charge in [-0.1, -0.05) is 17.8 Å². The molecule has 0 aromatic carbocycles. The highest BCUT2D eigenvalue weighted by Gasteiger charge is 2.16. The van der Waals surface area contributed by atoms with Crippen LogP contribution in [0.15, 0.2) is 22.7 Å². The van der Waals surface area contributed by atoms with Gasteiger partial charge in [-0.3, -0.25) is 4.79 Å². The van der Waals surface area contributed by atoms with E-state index in [1.807, 2.05) is 29.7 Å². The van der Waals surface area contributed by atoms with Crippen molar-refractivity contribution in [3.63, 3.8) is 0 Å². The topological polar surface area (TPSA) is 111 Å². The van der Waals surface area contributed by atoms with Crippen LogP contribution < -0.4 is 0 Å². The van der Waals surface area contributed by atoms with E-state index in [4.69, 9.17) is 10.5 Å². The second-order valence-electron chi connectivity index (χ2n) is 4.68. The van der Waals surface area contributed by atoms with Crippen molar-refractivity contribution in [2.75, 3.05) is 18.8 Å². The Bertz CT molecular complexity index is 711. The van der Waals surface area contributed by atoms with E-state index in [0.29, 0.717) is 24.8 Å². The zero-order valence-electron chi connectivity index (χ0n) is 12.8. The standard InChI is InChI=1S/C14H15N7OS2/c15-5-2-7-20(8-3-6-16)13(22)11-24-14-17-18-19-21(14)10-12-4-1-9-23-12/h1,4,9H,2-3,7-8,10-11H2. The summed E-state index contributed by atoms with van der Waals surface area (Å²) in [6.07, 6.45) is 0.496. The van der Waals surface area contributed by atoms with Crippen molar-refractivity contribution in [2.24, 2.45) is 0 Å². The van der Waals surface area contributed by atoms with Crippen LogP contribution in [0.1, 0.15) is 17.7 Å². The zero-order valence-corrected chi connectivity index (χ0v) is 14.5. The summed E-state index contributed by atoms with van der Waals surface area (Å²) in [5, 5.41) is 31.4. The van der Waals surface area contributed by atoms with Crippen LogP contribution in [0.25, 0.3) is 0 Å². The molecule has 0 aliphatic heterocycles. The van der Waals surface area contributed by atoms with Crippen LogP contribution in [0.2, 0.25) is 0 Å². The molecule has 0 saturated carbocycles. The monoisotopic (exact) mass is 361 g/mol. The van der Waals surface area contributed by atoms with Gasteiger partial charge in [0, 0.05) is 18.0 Å². The lowest BCUT2D eigenvalue weighted by Gasteiger charge is -2.19. The number of aromatic nitrogens is 4. The first-order valence-corrected chi connectivity index (χ1v) is 9.04. The minimum atomic E-state index is -0.129. The molecule has 0 aliphatic rings. The lowest BCUT2D eigenvalue weighted by Crippen LogP contribution is -2.34. The Hall–Kier alpha value is -2.43. The largest absolute Gasteiger partial charge is 0.340 e. The summed E-state index contributed by atoms with van der Waals surface area (Å²) in [5.74, 6) is 0.0398. The maximum atomic E-state index is 12.3. The van der Waals surface area contributed by atoms with E-state index in [1.165, 1.54) is 16.7 Å². The predicted octanol–water partition coefficient (Wildman–Crippen LogP) is 1.53. The van der Waals surface area contributed by atoms with Gasteiger partial charge in [-0.25, -0.2) is 4.68 Å². The Morgan fingerprint density at radius 1 is 1.33 bits per heavy atom. The lowest BCUT2D eigenvalue weighted by atomic mass is 10.3. The molecule has 1 amide bonds. The molecule has 2 rings (SSSR count). The van der Waals surface area contributed by atoms with E-state index in [9.17, 15) is 4.79 Å². The van der Waals surface area contributed by atoms with Crippen molar-refractivity contribution in [2.45, 2.75) is 24.5 Å². The molecule has 0 bridgehead atoms. The molecule has 0 spiro atoms. The highest BCUT2D eigenvalue weighted by molar-refractivity contribution is 7.99. The summed E-state index contributed by atoms with van der Waals surface area (Å²) in [6, 6.07) is 7.99. The first kappa shape index (κ1) is 17.9. The second kappa shape index (κ2) is 9.65. The third-order valence-electron chi connectivity index (χ3n) is 3.05. The number of nitrogens with zero attached hydrogens (tertiary/aromatic N) is 7. The molecule has 10 heteroatoms. The molecule has 24 heavy (non-hydrogen) atoms. The Morgan fingerprint density at radius 3 is 2.71 bits per heavy atom. The zero-order chi connectivity index (χ0) is 17.2. The maximum absolute atomic E-state index is 12.3. The number of hydrogen-bond donors (Lipinski definition) is 0. The van der Waals surface area contributed by atoms with Crippen molar-refractivity contribution >= 4 is 29.0 Å². The van der Waals surface area contributed by atoms with E-state index < -0.39 is 0 Å². The van der Waals surface area contributed by atoms with E-state index >= 15 is 0 Å². The molecule has 2 aromatic heterocycles. The fraction of sp³-hybridized carbons (Fsp3) is 0.429. The van der Waals surface area contributed by atoms with Crippen LogP contribution in [0, 0.1) is 22.7 Å². The molecule has 0 aliphatic carbocycles. The third kappa shape index (κ3) is 5.33. The number of rotatable bonds is 9. The van der Waals surface area contributed by atoms with E-state index in [0.717, 1.165) is 4.88 Å². The van der Waals surface area contributed by atoms with Crippen LogP contribution in [0.3, 0.4) is 0 Å². The second-order valence-corrected chi connectivity index (χ2v) is 6.66.